The van der Waals surface area contributed by atoms with E-state index in [1.165, 1.54) is 56.2 Å². The molecule has 1 heteroatoms. The molecule has 1 nitrogen and oxygen atoms in total. The Morgan fingerprint density at radius 3 is 2.32 bits per heavy atom. The molecule has 0 radical (unpaired) electrons. The molecule has 0 atom stereocenters. The summed E-state index contributed by atoms with van der Waals surface area (Å²) in [5.41, 5.74) is 2.88. The van der Waals surface area contributed by atoms with Crippen LogP contribution in [0.5, 0.6) is 0 Å². The van der Waals surface area contributed by atoms with Gasteiger partial charge in [-0.25, -0.2) is 0 Å². The van der Waals surface area contributed by atoms with Gasteiger partial charge >= 0.3 is 0 Å². The number of hydrogen-bond donors (Lipinski definition) is 1. The Morgan fingerprint density at radius 1 is 1.05 bits per heavy atom. The van der Waals surface area contributed by atoms with Crippen molar-refractivity contribution in [3.63, 3.8) is 0 Å². The minimum absolute atomic E-state index is 0.746. The molecule has 19 heavy (non-hydrogen) atoms. The van der Waals surface area contributed by atoms with E-state index in [0.717, 1.165) is 18.4 Å². The summed E-state index contributed by atoms with van der Waals surface area (Å²) in [5.74, 6) is 1.75. The lowest BCUT2D eigenvalue weighted by Crippen LogP contribution is -2.17. The Morgan fingerprint density at radius 2 is 1.68 bits per heavy atom. The molecule has 0 aliphatic heterocycles. The molecule has 0 spiro atoms. The van der Waals surface area contributed by atoms with E-state index in [1.807, 2.05) is 0 Å². The van der Waals surface area contributed by atoms with Gasteiger partial charge in [0.15, 0.2) is 0 Å². The molecule has 1 aliphatic carbocycles. The van der Waals surface area contributed by atoms with Crippen LogP contribution < -0.4 is 5.32 Å². The smallest absolute Gasteiger partial charge is 0.0205 e. The second kappa shape index (κ2) is 7.69. The number of nitrogens with one attached hydrogen (secondary N) is 1. The highest BCUT2D eigenvalue weighted by molar-refractivity contribution is 5.22. The minimum atomic E-state index is 0.746. The van der Waals surface area contributed by atoms with Crippen molar-refractivity contribution in [2.45, 2.75) is 58.9 Å². The first-order valence-corrected chi connectivity index (χ1v) is 8.02. The number of benzene rings is 1. The molecule has 1 aromatic rings. The van der Waals surface area contributed by atoms with Crippen LogP contribution in [0, 0.1) is 11.8 Å². The van der Waals surface area contributed by atoms with E-state index in [1.54, 1.807) is 0 Å². The molecular weight excluding hydrogens is 230 g/mol. The molecule has 0 bridgehead atoms. The van der Waals surface area contributed by atoms with Crippen LogP contribution in [0.2, 0.25) is 0 Å². The second-order valence-electron chi connectivity index (χ2n) is 6.53. The van der Waals surface area contributed by atoms with Crippen LogP contribution in [0.1, 0.15) is 57.1 Å². The topological polar surface area (TPSA) is 12.0 Å². The Kier molecular flexibility index (Phi) is 5.91. The largest absolute Gasteiger partial charge is 0.313 e. The third kappa shape index (κ3) is 5.36. The molecule has 0 unspecified atom stereocenters. The summed E-state index contributed by atoms with van der Waals surface area (Å²) in [6.07, 6.45) is 8.40. The van der Waals surface area contributed by atoms with Crippen molar-refractivity contribution < 1.29 is 0 Å². The van der Waals surface area contributed by atoms with Gasteiger partial charge in [0.25, 0.3) is 0 Å². The maximum absolute atomic E-state index is 3.59. The van der Waals surface area contributed by atoms with E-state index in [0.29, 0.717) is 0 Å². The monoisotopic (exact) mass is 259 g/mol. The Hall–Kier alpha value is -0.820. The van der Waals surface area contributed by atoms with Gasteiger partial charge in [-0.2, -0.15) is 0 Å². The Balaban J connectivity index is 1.65. The summed E-state index contributed by atoms with van der Waals surface area (Å²) in [6.45, 7) is 6.75. The van der Waals surface area contributed by atoms with Crippen LogP contribution in [0.15, 0.2) is 24.3 Å². The molecule has 1 aliphatic rings. The molecule has 1 fully saturated rings. The van der Waals surface area contributed by atoms with E-state index in [4.69, 9.17) is 0 Å². The van der Waals surface area contributed by atoms with Crippen LogP contribution in [-0.4, -0.2) is 6.54 Å². The van der Waals surface area contributed by atoms with Gasteiger partial charge in [0.2, 0.25) is 0 Å². The highest BCUT2D eigenvalue weighted by Gasteiger charge is 2.13. The predicted molar refractivity (Wildman–Crippen MR) is 83.3 cm³/mol. The molecule has 1 N–H and O–H groups in total. The maximum atomic E-state index is 3.59. The SMILES string of the molecule is CC(C)Cc1ccc(CNCCC2CCCC2)cc1. The fourth-order valence-corrected chi connectivity index (χ4v) is 3.10. The zero-order valence-corrected chi connectivity index (χ0v) is 12.6. The standard InChI is InChI=1S/C18H29N/c1-15(2)13-17-7-9-18(10-8-17)14-19-12-11-16-5-3-4-6-16/h7-10,15-16,19H,3-6,11-14H2,1-2H3. The van der Waals surface area contributed by atoms with Crippen LogP contribution in [0.4, 0.5) is 0 Å². The first kappa shape index (κ1) is 14.6. The zero-order valence-electron chi connectivity index (χ0n) is 12.6. The fraction of sp³-hybridized carbons (Fsp3) is 0.667. The van der Waals surface area contributed by atoms with Gasteiger partial charge in [0.05, 0.1) is 0 Å². The fourth-order valence-electron chi connectivity index (χ4n) is 3.10. The second-order valence-corrected chi connectivity index (χ2v) is 6.53. The van der Waals surface area contributed by atoms with Crippen LogP contribution >= 0.6 is 0 Å². The minimum Gasteiger partial charge on any atom is -0.313 e. The average Bonchev–Trinajstić information content (AvgIpc) is 2.89. The van der Waals surface area contributed by atoms with Gasteiger partial charge < -0.3 is 5.32 Å². The first-order valence-electron chi connectivity index (χ1n) is 8.02. The summed E-state index contributed by atoms with van der Waals surface area (Å²) in [4.78, 5) is 0. The summed E-state index contributed by atoms with van der Waals surface area (Å²) in [5, 5.41) is 3.59. The summed E-state index contributed by atoms with van der Waals surface area (Å²) >= 11 is 0. The van der Waals surface area contributed by atoms with Gasteiger partial charge in [0, 0.05) is 6.54 Å². The zero-order chi connectivity index (χ0) is 13.5. The molecule has 1 aromatic carbocycles. The van der Waals surface area contributed by atoms with Crippen molar-refractivity contribution in [1.29, 1.82) is 0 Å². The first-order chi connectivity index (χ1) is 9.24. The van der Waals surface area contributed by atoms with Gasteiger partial charge in [-0.15, -0.1) is 0 Å². The quantitative estimate of drug-likeness (QED) is 0.708. The van der Waals surface area contributed by atoms with Crippen molar-refractivity contribution in [2.24, 2.45) is 11.8 Å². The van der Waals surface area contributed by atoms with Crippen LogP contribution in [-0.2, 0) is 13.0 Å². The van der Waals surface area contributed by atoms with Crippen molar-refractivity contribution >= 4 is 0 Å². The summed E-state index contributed by atoms with van der Waals surface area (Å²) in [6, 6.07) is 9.13. The van der Waals surface area contributed by atoms with Crippen molar-refractivity contribution in [1.82, 2.24) is 5.32 Å². The molecule has 106 valence electrons. The van der Waals surface area contributed by atoms with E-state index >= 15 is 0 Å². The average molecular weight is 259 g/mol. The van der Waals surface area contributed by atoms with Crippen LogP contribution in [0.3, 0.4) is 0 Å². The molecule has 0 heterocycles. The molecule has 2 rings (SSSR count). The van der Waals surface area contributed by atoms with Gasteiger partial charge in [0.1, 0.15) is 0 Å². The van der Waals surface area contributed by atoms with E-state index in [2.05, 4.69) is 43.4 Å². The Bertz CT molecular complexity index is 346. The third-order valence-electron chi connectivity index (χ3n) is 4.20. The normalized spacial score (nSPS) is 16.4. The van der Waals surface area contributed by atoms with Gasteiger partial charge in [-0.1, -0.05) is 63.8 Å². The molecule has 1 saturated carbocycles. The van der Waals surface area contributed by atoms with Crippen molar-refractivity contribution in [2.75, 3.05) is 6.54 Å². The lowest BCUT2D eigenvalue weighted by atomic mass is 10.0. The lowest BCUT2D eigenvalue weighted by Gasteiger charge is -2.10. The number of hydrogen-bond acceptors (Lipinski definition) is 1. The predicted octanol–water partition coefficient (Wildman–Crippen LogP) is 4.56. The molecular formula is C18H29N. The molecule has 0 aromatic heterocycles. The van der Waals surface area contributed by atoms with Crippen molar-refractivity contribution in [3.8, 4) is 0 Å². The third-order valence-corrected chi connectivity index (χ3v) is 4.20. The van der Waals surface area contributed by atoms with E-state index in [9.17, 15) is 0 Å². The summed E-state index contributed by atoms with van der Waals surface area (Å²) in [7, 11) is 0. The van der Waals surface area contributed by atoms with E-state index < -0.39 is 0 Å². The molecule has 0 saturated heterocycles. The highest BCUT2D eigenvalue weighted by atomic mass is 14.8. The molecule has 0 amide bonds. The maximum Gasteiger partial charge on any atom is 0.0205 e. The Labute approximate surface area is 118 Å². The van der Waals surface area contributed by atoms with Crippen LogP contribution in [0.25, 0.3) is 0 Å². The van der Waals surface area contributed by atoms with E-state index in [-0.39, 0.29) is 0 Å². The van der Waals surface area contributed by atoms with Gasteiger partial charge in [-0.3, -0.25) is 0 Å². The van der Waals surface area contributed by atoms with Gasteiger partial charge in [-0.05, 0) is 42.3 Å². The van der Waals surface area contributed by atoms with Crippen molar-refractivity contribution in [3.05, 3.63) is 35.4 Å². The number of rotatable bonds is 7. The highest BCUT2D eigenvalue weighted by Crippen LogP contribution is 2.26. The summed E-state index contributed by atoms with van der Waals surface area (Å²) < 4.78 is 0. The lowest BCUT2D eigenvalue weighted by molar-refractivity contribution is 0.477.